The molecule has 0 saturated heterocycles. The van der Waals surface area contributed by atoms with Crippen molar-refractivity contribution in [3.63, 3.8) is 0 Å². The first-order valence-corrected chi connectivity index (χ1v) is 6.43. The van der Waals surface area contributed by atoms with E-state index in [4.69, 9.17) is 10.9 Å². The molecule has 0 radical (unpaired) electrons. The smallest absolute Gasteiger partial charge is 0.153 e. The topological polar surface area (TPSA) is 61.8 Å². The van der Waals surface area contributed by atoms with Gasteiger partial charge in [-0.05, 0) is 19.5 Å². The SMILES string of the molecule is CCCCCCCCN(CC)CC(N)=NO. The fourth-order valence-corrected chi connectivity index (χ4v) is 1.73. The third-order valence-electron chi connectivity index (χ3n) is 2.79. The normalized spacial score (nSPS) is 12.3. The van der Waals surface area contributed by atoms with Crippen molar-refractivity contribution in [3.8, 4) is 0 Å². The van der Waals surface area contributed by atoms with E-state index in [1.807, 2.05) is 0 Å². The fraction of sp³-hybridized carbons (Fsp3) is 0.917. The van der Waals surface area contributed by atoms with Crippen LogP contribution in [0.4, 0.5) is 0 Å². The van der Waals surface area contributed by atoms with E-state index in [1.54, 1.807) is 0 Å². The molecule has 0 aromatic carbocycles. The van der Waals surface area contributed by atoms with Crippen LogP contribution in [0.25, 0.3) is 0 Å². The Morgan fingerprint density at radius 2 is 1.75 bits per heavy atom. The summed E-state index contributed by atoms with van der Waals surface area (Å²) in [6.07, 6.45) is 7.81. The minimum atomic E-state index is 0.299. The van der Waals surface area contributed by atoms with E-state index in [0.717, 1.165) is 13.1 Å². The highest BCUT2D eigenvalue weighted by atomic mass is 16.4. The molecule has 0 rings (SSSR count). The summed E-state index contributed by atoms with van der Waals surface area (Å²) in [4.78, 5) is 2.20. The molecule has 0 aromatic heterocycles. The molecule has 0 atom stereocenters. The van der Waals surface area contributed by atoms with Crippen molar-refractivity contribution in [1.29, 1.82) is 0 Å². The van der Waals surface area contributed by atoms with Gasteiger partial charge in [-0.15, -0.1) is 0 Å². The zero-order valence-corrected chi connectivity index (χ0v) is 10.8. The zero-order chi connectivity index (χ0) is 12.2. The standard InChI is InChI=1S/C12H27N3O/c1-3-5-6-7-8-9-10-15(4-2)11-12(13)14-16/h16H,3-11H2,1-2H3,(H2,13,14). The monoisotopic (exact) mass is 229 g/mol. The van der Waals surface area contributed by atoms with Crippen molar-refractivity contribution in [2.75, 3.05) is 19.6 Å². The molecule has 16 heavy (non-hydrogen) atoms. The zero-order valence-electron chi connectivity index (χ0n) is 10.8. The molecular weight excluding hydrogens is 202 g/mol. The summed E-state index contributed by atoms with van der Waals surface area (Å²) < 4.78 is 0. The lowest BCUT2D eigenvalue weighted by Gasteiger charge is -2.19. The molecule has 3 N–H and O–H groups in total. The second kappa shape index (κ2) is 10.7. The van der Waals surface area contributed by atoms with Gasteiger partial charge in [0.1, 0.15) is 0 Å². The number of hydrogen-bond donors (Lipinski definition) is 2. The summed E-state index contributed by atoms with van der Waals surface area (Å²) in [5, 5.41) is 11.5. The van der Waals surface area contributed by atoms with Gasteiger partial charge in [-0.25, -0.2) is 0 Å². The van der Waals surface area contributed by atoms with Gasteiger partial charge in [0.2, 0.25) is 0 Å². The van der Waals surface area contributed by atoms with Gasteiger partial charge < -0.3 is 10.9 Å². The van der Waals surface area contributed by atoms with Crippen molar-refractivity contribution >= 4 is 5.84 Å². The summed E-state index contributed by atoms with van der Waals surface area (Å²) in [7, 11) is 0. The quantitative estimate of drug-likeness (QED) is 0.199. The lowest BCUT2D eigenvalue weighted by Crippen LogP contribution is -2.34. The molecule has 4 heteroatoms. The number of nitrogens with zero attached hydrogens (tertiary/aromatic N) is 2. The fourth-order valence-electron chi connectivity index (χ4n) is 1.73. The Labute approximate surface area is 99.5 Å². The Morgan fingerprint density at radius 1 is 1.12 bits per heavy atom. The molecule has 4 nitrogen and oxygen atoms in total. The highest BCUT2D eigenvalue weighted by Gasteiger charge is 2.04. The molecular formula is C12H27N3O. The van der Waals surface area contributed by atoms with Gasteiger partial charge in [0, 0.05) is 0 Å². The predicted octanol–water partition coefficient (Wildman–Crippen LogP) is 2.42. The second-order valence-corrected chi connectivity index (χ2v) is 4.23. The van der Waals surface area contributed by atoms with Crippen molar-refractivity contribution in [3.05, 3.63) is 0 Å². The van der Waals surface area contributed by atoms with Crippen molar-refractivity contribution < 1.29 is 5.21 Å². The number of hydrogen-bond acceptors (Lipinski definition) is 3. The van der Waals surface area contributed by atoms with Gasteiger partial charge in [0.05, 0.1) is 6.54 Å². The molecule has 0 bridgehead atoms. The summed E-state index contributed by atoms with van der Waals surface area (Å²) in [6, 6.07) is 0. The van der Waals surface area contributed by atoms with Crippen LogP contribution in [-0.2, 0) is 0 Å². The Balaban J connectivity index is 3.48. The number of likely N-dealkylation sites (N-methyl/N-ethyl adjacent to an activating group) is 1. The minimum absolute atomic E-state index is 0.299. The van der Waals surface area contributed by atoms with Gasteiger partial charge in [0.15, 0.2) is 5.84 Å². The summed E-state index contributed by atoms with van der Waals surface area (Å²) in [6.45, 7) is 6.89. The van der Waals surface area contributed by atoms with Crippen LogP contribution >= 0.6 is 0 Å². The highest BCUT2D eigenvalue weighted by molar-refractivity contribution is 5.81. The van der Waals surface area contributed by atoms with Crippen LogP contribution in [-0.4, -0.2) is 35.6 Å². The van der Waals surface area contributed by atoms with Gasteiger partial charge in [-0.1, -0.05) is 51.1 Å². The van der Waals surface area contributed by atoms with Crippen LogP contribution in [0.1, 0.15) is 52.4 Å². The van der Waals surface area contributed by atoms with Crippen LogP contribution in [0.15, 0.2) is 5.16 Å². The third kappa shape index (κ3) is 8.53. The molecule has 0 aliphatic carbocycles. The Kier molecular flexibility index (Phi) is 10.2. The second-order valence-electron chi connectivity index (χ2n) is 4.23. The third-order valence-corrected chi connectivity index (χ3v) is 2.79. The molecule has 0 fully saturated rings. The average Bonchev–Trinajstić information content (AvgIpc) is 2.31. The molecule has 0 aliphatic rings. The van der Waals surface area contributed by atoms with Gasteiger partial charge in [0.25, 0.3) is 0 Å². The first-order valence-electron chi connectivity index (χ1n) is 6.43. The number of unbranched alkanes of at least 4 members (excludes halogenated alkanes) is 5. The Morgan fingerprint density at radius 3 is 2.31 bits per heavy atom. The average molecular weight is 229 g/mol. The van der Waals surface area contributed by atoms with Crippen LogP contribution in [0.5, 0.6) is 0 Å². The maximum absolute atomic E-state index is 8.48. The summed E-state index contributed by atoms with van der Waals surface area (Å²) in [5.41, 5.74) is 5.48. The van der Waals surface area contributed by atoms with E-state index in [1.165, 1.54) is 38.5 Å². The molecule has 0 heterocycles. The van der Waals surface area contributed by atoms with Crippen LogP contribution in [0.3, 0.4) is 0 Å². The van der Waals surface area contributed by atoms with Crippen molar-refractivity contribution in [1.82, 2.24) is 4.90 Å². The summed E-state index contributed by atoms with van der Waals surface area (Å²) in [5.74, 6) is 0.299. The van der Waals surface area contributed by atoms with Crippen molar-refractivity contribution in [2.45, 2.75) is 52.4 Å². The molecule has 0 unspecified atom stereocenters. The van der Waals surface area contributed by atoms with E-state index in [-0.39, 0.29) is 0 Å². The van der Waals surface area contributed by atoms with Gasteiger partial charge >= 0.3 is 0 Å². The number of nitrogens with two attached hydrogens (primary N) is 1. The lowest BCUT2D eigenvalue weighted by molar-refractivity contribution is 0.294. The number of oxime groups is 1. The number of amidine groups is 1. The first-order chi connectivity index (χ1) is 7.74. The van der Waals surface area contributed by atoms with E-state index in [9.17, 15) is 0 Å². The van der Waals surface area contributed by atoms with E-state index >= 15 is 0 Å². The Hall–Kier alpha value is -0.770. The molecule has 0 aromatic rings. The van der Waals surface area contributed by atoms with E-state index in [0.29, 0.717) is 12.4 Å². The molecule has 0 amide bonds. The van der Waals surface area contributed by atoms with Crippen LogP contribution in [0.2, 0.25) is 0 Å². The van der Waals surface area contributed by atoms with Crippen LogP contribution in [0, 0.1) is 0 Å². The van der Waals surface area contributed by atoms with Gasteiger partial charge in [-0.3, -0.25) is 4.90 Å². The minimum Gasteiger partial charge on any atom is -0.409 e. The largest absolute Gasteiger partial charge is 0.409 e. The maximum atomic E-state index is 8.48. The predicted molar refractivity (Wildman–Crippen MR) is 68.9 cm³/mol. The molecule has 0 aliphatic heterocycles. The lowest BCUT2D eigenvalue weighted by atomic mass is 10.1. The van der Waals surface area contributed by atoms with E-state index in [2.05, 4.69) is 23.9 Å². The maximum Gasteiger partial charge on any atom is 0.153 e. The molecule has 0 saturated carbocycles. The highest BCUT2D eigenvalue weighted by Crippen LogP contribution is 2.05. The van der Waals surface area contributed by atoms with Crippen molar-refractivity contribution in [2.24, 2.45) is 10.9 Å². The molecule has 96 valence electrons. The van der Waals surface area contributed by atoms with Gasteiger partial charge in [-0.2, -0.15) is 0 Å². The van der Waals surface area contributed by atoms with E-state index < -0.39 is 0 Å². The number of rotatable bonds is 10. The molecule has 0 spiro atoms. The summed E-state index contributed by atoms with van der Waals surface area (Å²) >= 11 is 0. The first kappa shape index (κ1) is 15.2. The van der Waals surface area contributed by atoms with Crippen LogP contribution < -0.4 is 5.73 Å². The Bertz CT molecular complexity index is 183.